The molecule has 0 spiro atoms. The molecular weight excluding hydrogens is 216 g/mol. The average molecular weight is 236 g/mol. The fraction of sp³-hybridized carbons (Fsp3) is 0.462. The van der Waals surface area contributed by atoms with E-state index >= 15 is 0 Å². The standard InChI is InChI=1S/C13H20N2O2/c1-4-17-12-7-5-6-11(10-12)14-9-8-13(16)15(2)3/h5-7,10,14H,4,8-9H2,1-3H3. The van der Waals surface area contributed by atoms with Crippen molar-refractivity contribution in [3.05, 3.63) is 24.3 Å². The van der Waals surface area contributed by atoms with E-state index in [9.17, 15) is 4.79 Å². The van der Waals surface area contributed by atoms with E-state index in [0.717, 1.165) is 11.4 Å². The van der Waals surface area contributed by atoms with E-state index in [1.54, 1.807) is 19.0 Å². The Morgan fingerprint density at radius 2 is 2.18 bits per heavy atom. The zero-order valence-electron chi connectivity index (χ0n) is 10.7. The summed E-state index contributed by atoms with van der Waals surface area (Å²) in [6, 6.07) is 7.74. The van der Waals surface area contributed by atoms with Gasteiger partial charge in [0.1, 0.15) is 5.75 Å². The minimum absolute atomic E-state index is 0.124. The Kier molecular flexibility index (Phi) is 5.33. The summed E-state index contributed by atoms with van der Waals surface area (Å²) in [5.74, 6) is 0.967. The molecule has 0 saturated heterocycles. The number of hydrogen-bond acceptors (Lipinski definition) is 3. The molecule has 94 valence electrons. The summed E-state index contributed by atoms with van der Waals surface area (Å²) in [5, 5.41) is 3.20. The molecule has 0 aromatic heterocycles. The molecule has 1 rings (SSSR count). The van der Waals surface area contributed by atoms with Crippen LogP contribution in [-0.4, -0.2) is 38.1 Å². The van der Waals surface area contributed by atoms with Gasteiger partial charge in [-0.05, 0) is 19.1 Å². The van der Waals surface area contributed by atoms with E-state index in [2.05, 4.69) is 5.32 Å². The van der Waals surface area contributed by atoms with Gasteiger partial charge in [-0.3, -0.25) is 4.79 Å². The molecule has 1 N–H and O–H groups in total. The largest absolute Gasteiger partial charge is 0.494 e. The molecule has 0 aliphatic heterocycles. The van der Waals surface area contributed by atoms with Gasteiger partial charge in [0.25, 0.3) is 0 Å². The van der Waals surface area contributed by atoms with Gasteiger partial charge in [-0.15, -0.1) is 0 Å². The van der Waals surface area contributed by atoms with Crippen LogP contribution in [0, 0.1) is 0 Å². The van der Waals surface area contributed by atoms with Gasteiger partial charge in [-0.25, -0.2) is 0 Å². The number of ether oxygens (including phenoxy) is 1. The van der Waals surface area contributed by atoms with E-state index in [1.807, 2.05) is 31.2 Å². The minimum Gasteiger partial charge on any atom is -0.494 e. The van der Waals surface area contributed by atoms with Gasteiger partial charge in [-0.1, -0.05) is 6.07 Å². The highest BCUT2D eigenvalue weighted by molar-refractivity contribution is 5.76. The fourth-order valence-corrected chi connectivity index (χ4v) is 1.40. The summed E-state index contributed by atoms with van der Waals surface area (Å²) in [6.07, 6.45) is 0.492. The summed E-state index contributed by atoms with van der Waals surface area (Å²) < 4.78 is 5.40. The maximum absolute atomic E-state index is 11.4. The average Bonchev–Trinajstić information content (AvgIpc) is 2.29. The van der Waals surface area contributed by atoms with Crippen LogP contribution in [0.3, 0.4) is 0 Å². The van der Waals surface area contributed by atoms with Gasteiger partial charge in [0, 0.05) is 38.8 Å². The number of nitrogens with one attached hydrogen (secondary N) is 1. The van der Waals surface area contributed by atoms with Crippen molar-refractivity contribution in [3.8, 4) is 5.75 Å². The van der Waals surface area contributed by atoms with E-state index < -0.39 is 0 Å². The van der Waals surface area contributed by atoms with Crippen LogP contribution in [0.5, 0.6) is 5.75 Å². The highest BCUT2D eigenvalue weighted by Gasteiger charge is 2.03. The second-order valence-corrected chi connectivity index (χ2v) is 3.93. The Balaban J connectivity index is 2.41. The lowest BCUT2D eigenvalue weighted by atomic mass is 10.3. The van der Waals surface area contributed by atoms with E-state index in [-0.39, 0.29) is 5.91 Å². The highest BCUT2D eigenvalue weighted by Crippen LogP contribution is 2.17. The van der Waals surface area contributed by atoms with Crippen molar-refractivity contribution >= 4 is 11.6 Å². The van der Waals surface area contributed by atoms with Crippen LogP contribution in [0.15, 0.2) is 24.3 Å². The SMILES string of the molecule is CCOc1cccc(NCCC(=O)N(C)C)c1. The van der Waals surface area contributed by atoms with Crippen LogP contribution in [-0.2, 0) is 4.79 Å². The topological polar surface area (TPSA) is 41.6 Å². The molecule has 0 fully saturated rings. The first kappa shape index (κ1) is 13.4. The lowest BCUT2D eigenvalue weighted by molar-refractivity contribution is -0.128. The van der Waals surface area contributed by atoms with Gasteiger partial charge >= 0.3 is 0 Å². The first-order valence-electron chi connectivity index (χ1n) is 5.80. The van der Waals surface area contributed by atoms with Crippen molar-refractivity contribution < 1.29 is 9.53 Å². The highest BCUT2D eigenvalue weighted by atomic mass is 16.5. The van der Waals surface area contributed by atoms with Crippen molar-refractivity contribution in [3.63, 3.8) is 0 Å². The molecule has 0 unspecified atom stereocenters. The smallest absolute Gasteiger partial charge is 0.223 e. The van der Waals surface area contributed by atoms with Crippen LogP contribution in [0.2, 0.25) is 0 Å². The number of carbonyl (C=O) groups is 1. The molecule has 1 amide bonds. The van der Waals surface area contributed by atoms with Crippen molar-refractivity contribution in [2.24, 2.45) is 0 Å². The van der Waals surface area contributed by atoms with Crippen molar-refractivity contribution in [1.29, 1.82) is 0 Å². The minimum atomic E-state index is 0.124. The Hall–Kier alpha value is -1.71. The first-order valence-corrected chi connectivity index (χ1v) is 5.80. The zero-order valence-corrected chi connectivity index (χ0v) is 10.7. The lowest BCUT2D eigenvalue weighted by Gasteiger charge is -2.11. The molecule has 0 aliphatic rings. The summed E-state index contributed by atoms with van der Waals surface area (Å²) in [5.41, 5.74) is 0.975. The molecule has 17 heavy (non-hydrogen) atoms. The third-order valence-electron chi connectivity index (χ3n) is 2.31. The number of rotatable bonds is 6. The maximum Gasteiger partial charge on any atom is 0.223 e. The summed E-state index contributed by atoms with van der Waals surface area (Å²) in [6.45, 7) is 3.24. The van der Waals surface area contributed by atoms with Crippen molar-refractivity contribution in [2.75, 3.05) is 32.6 Å². The number of nitrogens with zero attached hydrogens (tertiary/aromatic N) is 1. The molecule has 4 nitrogen and oxygen atoms in total. The molecule has 0 aliphatic carbocycles. The summed E-state index contributed by atoms with van der Waals surface area (Å²) >= 11 is 0. The molecule has 0 heterocycles. The summed E-state index contributed by atoms with van der Waals surface area (Å²) in [4.78, 5) is 13.0. The van der Waals surface area contributed by atoms with Gasteiger partial charge in [0.05, 0.1) is 6.61 Å². The van der Waals surface area contributed by atoms with Crippen molar-refractivity contribution in [1.82, 2.24) is 4.90 Å². The fourth-order valence-electron chi connectivity index (χ4n) is 1.40. The van der Waals surface area contributed by atoms with Gasteiger partial charge in [0.15, 0.2) is 0 Å². The number of hydrogen-bond donors (Lipinski definition) is 1. The molecule has 0 bridgehead atoms. The Labute approximate surface area is 103 Å². The second-order valence-electron chi connectivity index (χ2n) is 3.93. The molecule has 4 heteroatoms. The molecule has 0 saturated carbocycles. The second kappa shape index (κ2) is 6.78. The van der Waals surface area contributed by atoms with Crippen LogP contribution < -0.4 is 10.1 Å². The van der Waals surface area contributed by atoms with E-state index in [0.29, 0.717) is 19.6 Å². The predicted octanol–water partition coefficient (Wildman–Crippen LogP) is 1.98. The summed E-state index contributed by atoms with van der Waals surface area (Å²) in [7, 11) is 3.52. The lowest BCUT2D eigenvalue weighted by Crippen LogP contribution is -2.23. The van der Waals surface area contributed by atoms with Gasteiger partial charge < -0.3 is 15.0 Å². The van der Waals surface area contributed by atoms with Gasteiger partial charge in [0.2, 0.25) is 5.91 Å². The van der Waals surface area contributed by atoms with Gasteiger partial charge in [-0.2, -0.15) is 0 Å². The van der Waals surface area contributed by atoms with Crippen LogP contribution in [0.1, 0.15) is 13.3 Å². The number of anilines is 1. The number of amides is 1. The maximum atomic E-state index is 11.4. The normalized spacial score (nSPS) is 9.82. The Bertz CT molecular complexity index is 364. The van der Waals surface area contributed by atoms with Crippen LogP contribution in [0.25, 0.3) is 0 Å². The molecule has 1 aromatic carbocycles. The van der Waals surface area contributed by atoms with E-state index in [4.69, 9.17) is 4.74 Å². The monoisotopic (exact) mass is 236 g/mol. The first-order chi connectivity index (χ1) is 8.13. The number of carbonyl (C=O) groups excluding carboxylic acids is 1. The predicted molar refractivity (Wildman–Crippen MR) is 69.4 cm³/mol. The Morgan fingerprint density at radius 1 is 1.41 bits per heavy atom. The molecule has 0 atom stereocenters. The third-order valence-corrected chi connectivity index (χ3v) is 2.31. The third kappa shape index (κ3) is 4.76. The molecular formula is C13H20N2O2. The zero-order chi connectivity index (χ0) is 12.7. The molecule has 0 radical (unpaired) electrons. The van der Waals surface area contributed by atoms with Crippen LogP contribution in [0.4, 0.5) is 5.69 Å². The van der Waals surface area contributed by atoms with Crippen molar-refractivity contribution in [2.45, 2.75) is 13.3 Å². The van der Waals surface area contributed by atoms with E-state index in [1.165, 1.54) is 0 Å². The number of benzene rings is 1. The Morgan fingerprint density at radius 3 is 2.82 bits per heavy atom. The quantitative estimate of drug-likeness (QED) is 0.821. The molecule has 1 aromatic rings. The van der Waals surface area contributed by atoms with Crippen LogP contribution >= 0.6 is 0 Å².